The molecule has 0 spiro atoms. The SMILES string of the molecule is COc1ccc(CN)cc1.O=C(O)c1ccc2sc(=O)n(Cc3ccccc3)c(=O)c2c1. The predicted octanol–water partition coefficient (Wildman–Crippen LogP) is 3.32. The number of carboxylic acid groups (broad SMARTS) is 1. The highest BCUT2D eigenvalue weighted by atomic mass is 32.1. The summed E-state index contributed by atoms with van der Waals surface area (Å²) >= 11 is 0.937. The number of nitrogens with two attached hydrogens (primary N) is 1. The lowest BCUT2D eigenvalue weighted by atomic mass is 10.2. The minimum absolute atomic E-state index is 0.0294. The first-order valence-corrected chi connectivity index (χ1v) is 10.5. The summed E-state index contributed by atoms with van der Waals surface area (Å²) in [6.07, 6.45) is 0. The van der Waals surface area contributed by atoms with E-state index >= 15 is 0 Å². The highest BCUT2D eigenvalue weighted by Crippen LogP contribution is 2.15. The lowest BCUT2D eigenvalue weighted by Crippen LogP contribution is -2.31. The fourth-order valence-electron chi connectivity index (χ4n) is 2.96. The van der Waals surface area contributed by atoms with E-state index in [0.29, 0.717) is 11.2 Å². The zero-order valence-electron chi connectivity index (χ0n) is 17.4. The van der Waals surface area contributed by atoms with Gasteiger partial charge in [-0.25, -0.2) is 4.79 Å². The van der Waals surface area contributed by atoms with Gasteiger partial charge in [0, 0.05) is 11.2 Å². The van der Waals surface area contributed by atoms with E-state index in [1.807, 2.05) is 54.6 Å². The summed E-state index contributed by atoms with van der Waals surface area (Å²) in [6.45, 7) is 0.756. The van der Waals surface area contributed by atoms with Gasteiger partial charge in [-0.15, -0.1) is 0 Å². The Labute approximate surface area is 188 Å². The molecule has 0 bridgehead atoms. The van der Waals surface area contributed by atoms with Gasteiger partial charge in [0.15, 0.2) is 0 Å². The zero-order chi connectivity index (χ0) is 23.1. The van der Waals surface area contributed by atoms with Gasteiger partial charge in [0.1, 0.15) is 5.75 Å². The molecule has 0 aliphatic carbocycles. The molecule has 4 rings (SSSR count). The molecule has 164 valence electrons. The standard InChI is InChI=1S/C16H11NO4S.C8H11NO/c18-14-12-8-11(15(19)20)6-7-13(12)22-16(21)17(14)9-10-4-2-1-3-5-10;1-10-8-4-2-7(6-9)3-5-8/h1-8H,9H2,(H,19,20);2-5H,6,9H2,1H3. The third kappa shape index (κ3) is 5.48. The van der Waals surface area contributed by atoms with E-state index in [0.717, 1.165) is 32.8 Å². The molecular formula is C24H22N2O5S. The topological polar surface area (TPSA) is 112 Å². The average Bonchev–Trinajstić information content (AvgIpc) is 2.82. The van der Waals surface area contributed by atoms with Gasteiger partial charge in [0.2, 0.25) is 0 Å². The molecule has 0 amide bonds. The molecule has 1 aromatic heterocycles. The number of rotatable bonds is 5. The van der Waals surface area contributed by atoms with Gasteiger partial charge in [-0.2, -0.15) is 0 Å². The first-order valence-electron chi connectivity index (χ1n) is 9.71. The summed E-state index contributed by atoms with van der Waals surface area (Å²) in [6, 6.07) is 21.1. The Morgan fingerprint density at radius 3 is 2.28 bits per heavy atom. The van der Waals surface area contributed by atoms with E-state index in [9.17, 15) is 14.4 Å². The molecule has 32 heavy (non-hydrogen) atoms. The molecule has 1 heterocycles. The number of carboxylic acids is 1. The second-order valence-electron chi connectivity index (χ2n) is 6.81. The minimum atomic E-state index is -1.10. The highest BCUT2D eigenvalue weighted by Gasteiger charge is 2.11. The second kappa shape index (κ2) is 10.5. The van der Waals surface area contributed by atoms with Crippen LogP contribution in [0, 0.1) is 0 Å². The third-order valence-corrected chi connectivity index (χ3v) is 5.67. The molecule has 0 aliphatic rings. The van der Waals surface area contributed by atoms with Gasteiger partial charge in [0.25, 0.3) is 5.56 Å². The number of ether oxygens (including phenoxy) is 1. The fourth-order valence-corrected chi connectivity index (χ4v) is 3.80. The van der Waals surface area contributed by atoms with Crippen LogP contribution in [0.5, 0.6) is 5.75 Å². The van der Waals surface area contributed by atoms with Crippen LogP contribution in [0.15, 0.2) is 82.4 Å². The van der Waals surface area contributed by atoms with Crippen molar-refractivity contribution in [1.29, 1.82) is 0 Å². The number of carbonyl (C=O) groups is 1. The predicted molar refractivity (Wildman–Crippen MR) is 126 cm³/mol. The van der Waals surface area contributed by atoms with Gasteiger partial charge < -0.3 is 15.6 Å². The van der Waals surface area contributed by atoms with Crippen LogP contribution in [0.3, 0.4) is 0 Å². The first kappa shape index (κ1) is 22.9. The van der Waals surface area contributed by atoms with Gasteiger partial charge in [-0.3, -0.25) is 14.2 Å². The van der Waals surface area contributed by atoms with Crippen molar-refractivity contribution in [3.05, 3.63) is 110 Å². The third-order valence-electron chi connectivity index (χ3n) is 4.70. The maximum absolute atomic E-state index is 12.5. The quantitative estimate of drug-likeness (QED) is 0.482. The van der Waals surface area contributed by atoms with Gasteiger partial charge in [-0.05, 0) is 41.5 Å². The normalized spacial score (nSPS) is 10.3. The Morgan fingerprint density at radius 1 is 1.00 bits per heavy atom. The summed E-state index contributed by atoms with van der Waals surface area (Å²) < 4.78 is 6.60. The number of aromatic carboxylic acids is 1. The lowest BCUT2D eigenvalue weighted by molar-refractivity contribution is 0.0697. The van der Waals surface area contributed by atoms with E-state index in [4.69, 9.17) is 15.6 Å². The molecule has 3 N–H and O–H groups in total. The van der Waals surface area contributed by atoms with Crippen molar-refractivity contribution in [2.75, 3.05) is 7.11 Å². The highest BCUT2D eigenvalue weighted by molar-refractivity contribution is 7.16. The molecule has 0 fully saturated rings. The van der Waals surface area contributed by atoms with Crippen molar-refractivity contribution in [1.82, 2.24) is 4.57 Å². The average molecular weight is 451 g/mol. The molecular weight excluding hydrogens is 428 g/mol. The number of hydrogen-bond acceptors (Lipinski definition) is 6. The smallest absolute Gasteiger partial charge is 0.335 e. The largest absolute Gasteiger partial charge is 0.497 e. The van der Waals surface area contributed by atoms with Crippen LogP contribution >= 0.6 is 11.3 Å². The molecule has 0 radical (unpaired) electrons. The maximum Gasteiger partial charge on any atom is 0.335 e. The van der Waals surface area contributed by atoms with Crippen LogP contribution in [0.25, 0.3) is 10.1 Å². The van der Waals surface area contributed by atoms with Crippen LogP contribution in [0.4, 0.5) is 0 Å². The van der Waals surface area contributed by atoms with Gasteiger partial charge in [0.05, 0.1) is 24.6 Å². The molecule has 0 saturated heterocycles. The van der Waals surface area contributed by atoms with E-state index in [-0.39, 0.29) is 22.4 Å². The second-order valence-corrected chi connectivity index (χ2v) is 7.81. The first-order chi connectivity index (χ1) is 15.4. The monoisotopic (exact) mass is 450 g/mol. The maximum atomic E-state index is 12.5. The van der Waals surface area contributed by atoms with Crippen molar-refractivity contribution in [2.45, 2.75) is 13.1 Å². The van der Waals surface area contributed by atoms with E-state index in [2.05, 4.69) is 0 Å². The van der Waals surface area contributed by atoms with Crippen molar-refractivity contribution < 1.29 is 14.6 Å². The molecule has 0 saturated carbocycles. The molecule has 0 aliphatic heterocycles. The molecule has 8 heteroatoms. The number of aromatic nitrogens is 1. The molecule has 4 aromatic rings. The Kier molecular flexibility index (Phi) is 7.54. The summed E-state index contributed by atoms with van der Waals surface area (Å²) in [5, 5.41) is 9.28. The Bertz CT molecular complexity index is 1310. The van der Waals surface area contributed by atoms with E-state index < -0.39 is 11.5 Å². The number of nitrogens with zero attached hydrogens (tertiary/aromatic N) is 1. The van der Waals surface area contributed by atoms with E-state index in [1.165, 1.54) is 18.2 Å². The molecule has 3 aromatic carbocycles. The zero-order valence-corrected chi connectivity index (χ0v) is 18.2. The lowest BCUT2D eigenvalue weighted by Gasteiger charge is -2.06. The van der Waals surface area contributed by atoms with Crippen molar-refractivity contribution >= 4 is 27.4 Å². The van der Waals surface area contributed by atoms with Crippen LogP contribution in [-0.4, -0.2) is 22.8 Å². The summed E-state index contributed by atoms with van der Waals surface area (Å²) in [5.74, 6) is -0.232. The number of methoxy groups -OCH3 is 1. The summed E-state index contributed by atoms with van der Waals surface area (Å²) in [7, 11) is 1.65. The number of fused-ring (bicyclic) bond motifs is 1. The van der Waals surface area contributed by atoms with Crippen molar-refractivity contribution in [3.8, 4) is 5.75 Å². The number of hydrogen-bond donors (Lipinski definition) is 2. The van der Waals surface area contributed by atoms with Crippen LogP contribution in [-0.2, 0) is 13.1 Å². The van der Waals surface area contributed by atoms with Gasteiger partial charge >= 0.3 is 10.8 Å². The Balaban J connectivity index is 0.000000243. The Morgan fingerprint density at radius 2 is 1.69 bits per heavy atom. The minimum Gasteiger partial charge on any atom is -0.497 e. The van der Waals surface area contributed by atoms with E-state index in [1.54, 1.807) is 7.11 Å². The van der Waals surface area contributed by atoms with Crippen LogP contribution < -0.4 is 20.9 Å². The summed E-state index contributed by atoms with van der Waals surface area (Å²) in [5.41, 5.74) is 6.92. The van der Waals surface area contributed by atoms with Crippen LogP contribution in [0.2, 0.25) is 0 Å². The van der Waals surface area contributed by atoms with Gasteiger partial charge in [-0.1, -0.05) is 53.8 Å². The summed E-state index contributed by atoms with van der Waals surface area (Å²) in [4.78, 5) is 35.3. The Hall–Kier alpha value is -3.75. The molecule has 0 atom stereocenters. The molecule has 7 nitrogen and oxygen atoms in total. The van der Waals surface area contributed by atoms with Crippen molar-refractivity contribution in [2.24, 2.45) is 5.73 Å². The number of benzene rings is 3. The molecule has 0 unspecified atom stereocenters. The van der Waals surface area contributed by atoms with Crippen LogP contribution in [0.1, 0.15) is 21.5 Å². The fraction of sp³-hybridized carbons (Fsp3) is 0.125. The van der Waals surface area contributed by atoms with Crippen molar-refractivity contribution in [3.63, 3.8) is 0 Å².